The van der Waals surface area contributed by atoms with E-state index in [2.05, 4.69) is 27.1 Å². The zero-order chi connectivity index (χ0) is 25.0. The highest BCUT2D eigenvalue weighted by Gasteiger charge is 2.63. The minimum atomic E-state index is -5.13. The number of halogens is 3. The van der Waals surface area contributed by atoms with E-state index in [4.69, 9.17) is 0 Å². The number of hydrogen-bond donors (Lipinski definition) is 2. The zero-order valence-electron chi connectivity index (χ0n) is 18.4. The fourth-order valence-corrected chi connectivity index (χ4v) is 4.10. The Balaban J connectivity index is 1.77. The van der Waals surface area contributed by atoms with Crippen molar-refractivity contribution in [2.45, 2.75) is 25.2 Å². The van der Waals surface area contributed by atoms with Crippen LogP contribution in [0.1, 0.15) is 22.5 Å². The van der Waals surface area contributed by atoms with E-state index in [1.165, 1.54) is 16.9 Å². The molecule has 1 saturated heterocycles. The Labute approximate surface area is 197 Å². The van der Waals surface area contributed by atoms with Crippen LogP contribution in [0, 0.1) is 6.92 Å². The highest BCUT2D eigenvalue weighted by Crippen LogP contribution is 2.42. The van der Waals surface area contributed by atoms with Crippen LogP contribution in [0.3, 0.4) is 0 Å². The van der Waals surface area contributed by atoms with E-state index in [1.54, 1.807) is 49.5 Å². The van der Waals surface area contributed by atoms with Crippen LogP contribution in [-0.2, 0) is 0 Å². The Kier molecular flexibility index (Phi) is 5.09. The molecule has 0 saturated carbocycles. The number of carbonyl (C=O) groups excluding carboxylic acids is 1. The molecule has 0 aliphatic carbocycles. The van der Waals surface area contributed by atoms with Gasteiger partial charge in [0.1, 0.15) is 0 Å². The van der Waals surface area contributed by atoms with Crippen molar-refractivity contribution in [2.24, 2.45) is 0 Å². The molecule has 1 aliphatic heterocycles. The predicted molar refractivity (Wildman–Crippen MR) is 121 cm³/mol. The van der Waals surface area contributed by atoms with Crippen LogP contribution in [0.15, 0.2) is 73.2 Å². The minimum Gasteiger partial charge on any atom is -0.362 e. The fraction of sp³-hybridized carbons (Fsp3) is 0.167. The van der Waals surface area contributed by atoms with Gasteiger partial charge in [0, 0.05) is 30.1 Å². The molecular formula is C24H19F3N6O2. The molecule has 0 radical (unpaired) electrons. The summed E-state index contributed by atoms with van der Waals surface area (Å²) in [5.41, 5.74) is 0.725. The van der Waals surface area contributed by atoms with E-state index in [-0.39, 0.29) is 27.3 Å². The monoisotopic (exact) mass is 480 g/mol. The molecule has 3 aromatic heterocycles. The van der Waals surface area contributed by atoms with Crippen LogP contribution in [0.5, 0.6) is 0 Å². The van der Waals surface area contributed by atoms with Gasteiger partial charge in [0.2, 0.25) is 0 Å². The first kappa shape index (κ1) is 22.5. The number of carbonyl (C=O) groups is 1. The van der Waals surface area contributed by atoms with Crippen molar-refractivity contribution >= 4 is 16.9 Å². The van der Waals surface area contributed by atoms with E-state index in [0.717, 1.165) is 0 Å². The highest BCUT2D eigenvalue weighted by atomic mass is 19.4. The fourth-order valence-electron chi connectivity index (χ4n) is 4.10. The third-order valence-electron chi connectivity index (χ3n) is 5.76. The number of amides is 1. The van der Waals surface area contributed by atoms with Gasteiger partial charge in [-0.1, -0.05) is 24.8 Å². The average molecular weight is 480 g/mol. The summed E-state index contributed by atoms with van der Waals surface area (Å²) in [6, 6.07) is 13.8. The Morgan fingerprint density at radius 2 is 1.94 bits per heavy atom. The molecule has 35 heavy (non-hydrogen) atoms. The third-order valence-corrected chi connectivity index (χ3v) is 5.76. The van der Waals surface area contributed by atoms with Gasteiger partial charge < -0.3 is 5.11 Å². The molecule has 1 aromatic carbocycles. The lowest BCUT2D eigenvalue weighted by Gasteiger charge is -2.33. The van der Waals surface area contributed by atoms with E-state index in [9.17, 15) is 23.1 Å². The van der Waals surface area contributed by atoms with Gasteiger partial charge in [0.15, 0.2) is 5.65 Å². The maximum Gasteiger partial charge on any atom is 0.438 e. The lowest BCUT2D eigenvalue weighted by atomic mass is 10.0. The number of para-hydroxylation sites is 1. The lowest BCUT2D eigenvalue weighted by molar-refractivity contribution is -0.299. The molecule has 2 N–H and O–H groups in total. The van der Waals surface area contributed by atoms with Crippen molar-refractivity contribution in [1.29, 1.82) is 0 Å². The van der Waals surface area contributed by atoms with E-state index in [0.29, 0.717) is 22.6 Å². The van der Waals surface area contributed by atoms with Crippen molar-refractivity contribution in [3.8, 4) is 16.9 Å². The van der Waals surface area contributed by atoms with Crippen LogP contribution in [0.25, 0.3) is 28.0 Å². The van der Waals surface area contributed by atoms with E-state index < -0.39 is 24.2 Å². The highest BCUT2D eigenvalue weighted by molar-refractivity contribution is 6.08. The van der Waals surface area contributed by atoms with E-state index >= 15 is 0 Å². The molecule has 8 nitrogen and oxygen atoms in total. The lowest BCUT2D eigenvalue weighted by Crippen LogP contribution is -2.59. The van der Waals surface area contributed by atoms with Crippen LogP contribution in [0.2, 0.25) is 0 Å². The molecule has 0 unspecified atom stereocenters. The molecule has 1 aliphatic rings. The first-order valence-corrected chi connectivity index (χ1v) is 10.5. The number of benzene rings is 1. The number of alkyl halides is 3. The first-order valence-electron chi connectivity index (χ1n) is 10.5. The number of rotatable bonds is 3. The predicted octanol–water partition coefficient (Wildman–Crippen LogP) is 3.91. The molecule has 178 valence electrons. The number of pyridine rings is 2. The van der Waals surface area contributed by atoms with Crippen molar-refractivity contribution < 1.29 is 23.1 Å². The van der Waals surface area contributed by atoms with Crippen molar-refractivity contribution in [3.63, 3.8) is 0 Å². The van der Waals surface area contributed by atoms with Gasteiger partial charge in [-0.2, -0.15) is 18.3 Å². The number of nitrogens with one attached hydrogen (secondary N) is 1. The number of hydrazine groups is 1. The molecular weight excluding hydrogens is 461 g/mol. The van der Waals surface area contributed by atoms with Crippen LogP contribution >= 0.6 is 0 Å². The summed E-state index contributed by atoms with van der Waals surface area (Å²) in [6.45, 7) is 5.11. The van der Waals surface area contributed by atoms with Gasteiger partial charge in [-0.25, -0.2) is 14.7 Å². The number of aliphatic hydroxyl groups is 1. The smallest absolute Gasteiger partial charge is 0.362 e. The molecule has 0 spiro atoms. The van der Waals surface area contributed by atoms with Crippen molar-refractivity contribution in [2.75, 3.05) is 0 Å². The van der Waals surface area contributed by atoms with Gasteiger partial charge in [-0.15, -0.1) is 0 Å². The average Bonchev–Trinajstić information content (AvgIpc) is 3.35. The Bertz CT molecular complexity index is 1450. The zero-order valence-corrected chi connectivity index (χ0v) is 18.4. The van der Waals surface area contributed by atoms with Gasteiger partial charge in [-0.05, 0) is 37.3 Å². The topological polar surface area (TPSA) is 96.2 Å². The summed E-state index contributed by atoms with van der Waals surface area (Å²) >= 11 is 0. The quantitative estimate of drug-likeness (QED) is 0.462. The summed E-state index contributed by atoms with van der Waals surface area (Å²) in [7, 11) is 0. The third kappa shape index (κ3) is 3.60. The number of hydrogen-bond acceptors (Lipinski definition) is 6. The molecule has 4 heterocycles. The van der Waals surface area contributed by atoms with Crippen LogP contribution < -0.4 is 5.43 Å². The number of aromatic nitrogens is 4. The second kappa shape index (κ2) is 7.91. The van der Waals surface area contributed by atoms with E-state index in [1.807, 2.05) is 6.07 Å². The summed E-state index contributed by atoms with van der Waals surface area (Å²) in [4.78, 5) is 22.4. The second-order valence-electron chi connectivity index (χ2n) is 8.18. The Morgan fingerprint density at radius 1 is 1.20 bits per heavy atom. The van der Waals surface area contributed by atoms with Crippen LogP contribution in [-0.4, -0.2) is 47.7 Å². The van der Waals surface area contributed by atoms with Gasteiger partial charge >= 0.3 is 6.18 Å². The summed E-state index contributed by atoms with van der Waals surface area (Å²) < 4.78 is 43.1. The van der Waals surface area contributed by atoms with Gasteiger partial charge in [0.25, 0.3) is 11.6 Å². The Hall–Kier alpha value is -4.25. The minimum absolute atomic E-state index is 0.113. The van der Waals surface area contributed by atoms with Crippen molar-refractivity contribution in [3.05, 3.63) is 84.5 Å². The van der Waals surface area contributed by atoms with Gasteiger partial charge in [0.05, 0.1) is 28.0 Å². The number of aryl methyl sites for hydroxylation is 1. The number of fused-ring (bicyclic) bond motifs is 1. The standard InChI is InChI=1S/C24H19F3N6O2/c1-14-12-23(35,24(25,26)27)33(30-14)22(34)18-11-19(16-7-6-10-28-13-16)29-21-20(18)15(2)31-32(21)17-8-4-3-5-9-17/h3-11,13,30,35H,1,12H2,2H3/t23-/m0/s1. The Morgan fingerprint density at radius 3 is 2.60 bits per heavy atom. The SMILES string of the molecule is C=C1C[C@](O)(C(F)(F)F)N(C(=O)c2cc(-c3cccnc3)nc3c2c(C)nn3-c2ccccc2)N1. The summed E-state index contributed by atoms with van der Waals surface area (Å²) in [5.74, 6) is -1.10. The normalized spacial score (nSPS) is 18.2. The van der Waals surface area contributed by atoms with Crippen LogP contribution in [0.4, 0.5) is 13.2 Å². The summed E-state index contributed by atoms with van der Waals surface area (Å²) in [5, 5.41) is 15.5. The number of nitrogens with zero attached hydrogens (tertiary/aromatic N) is 5. The maximum absolute atomic E-state index is 13.8. The largest absolute Gasteiger partial charge is 0.438 e. The van der Waals surface area contributed by atoms with Gasteiger partial charge in [-0.3, -0.25) is 15.2 Å². The first-order chi connectivity index (χ1) is 16.6. The second-order valence-corrected chi connectivity index (χ2v) is 8.18. The molecule has 5 rings (SSSR count). The molecule has 4 aromatic rings. The van der Waals surface area contributed by atoms with Crippen molar-refractivity contribution in [1.82, 2.24) is 30.2 Å². The molecule has 0 bridgehead atoms. The molecule has 1 atom stereocenters. The molecule has 1 fully saturated rings. The summed E-state index contributed by atoms with van der Waals surface area (Å²) in [6.07, 6.45) is -2.93. The maximum atomic E-state index is 13.8. The molecule has 11 heteroatoms. The molecule has 1 amide bonds.